The molecule has 0 aliphatic heterocycles. The predicted octanol–water partition coefficient (Wildman–Crippen LogP) is 3.27. The largest absolute Gasteiger partial charge is 0.508 e. The molecule has 1 N–H and O–H groups in total. The number of carbonyl (C=O) groups excluding carboxylic acids is 1. The number of ether oxygens (including phenoxy) is 2. The SMILES string of the molecule is COC(=Cc1ccccc1)C(=O)c1ccc(O)cc1OC. The fourth-order valence-corrected chi connectivity index (χ4v) is 1.92. The Morgan fingerprint density at radius 3 is 2.43 bits per heavy atom. The first-order valence-electron chi connectivity index (χ1n) is 6.38. The highest BCUT2D eigenvalue weighted by Gasteiger charge is 2.18. The lowest BCUT2D eigenvalue weighted by molar-refractivity contribution is 0.0954. The third kappa shape index (κ3) is 3.42. The van der Waals surface area contributed by atoms with Gasteiger partial charge in [0.05, 0.1) is 19.8 Å². The van der Waals surface area contributed by atoms with Gasteiger partial charge in [0.2, 0.25) is 5.78 Å². The van der Waals surface area contributed by atoms with Gasteiger partial charge in [0.1, 0.15) is 11.5 Å². The van der Waals surface area contributed by atoms with Crippen molar-refractivity contribution in [1.29, 1.82) is 0 Å². The molecule has 4 heteroatoms. The van der Waals surface area contributed by atoms with Crippen LogP contribution in [0.5, 0.6) is 11.5 Å². The van der Waals surface area contributed by atoms with E-state index in [1.165, 1.54) is 32.4 Å². The van der Waals surface area contributed by atoms with Crippen LogP contribution in [0.4, 0.5) is 0 Å². The van der Waals surface area contributed by atoms with Gasteiger partial charge in [0.15, 0.2) is 5.76 Å². The van der Waals surface area contributed by atoms with Crippen molar-refractivity contribution in [3.05, 3.63) is 65.4 Å². The van der Waals surface area contributed by atoms with E-state index in [-0.39, 0.29) is 17.3 Å². The van der Waals surface area contributed by atoms with Crippen LogP contribution in [0.1, 0.15) is 15.9 Å². The molecule has 0 spiro atoms. The Morgan fingerprint density at radius 2 is 1.81 bits per heavy atom. The zero-order chi connectivity index (χ0) is 15.2. The molecule has 0 heterocycles. The van der Waals surface area contributed by atoms with E-state index < -0.39 is 0 Å². The Kier molecular flexibility index (Phi) is 4.61. The highest BCUT2D eigenvalue weighted by Crippen LogP contribution is 2.26. The van der Waals surface area contributed by atoms with E-state index in [2.05, 4.69) is 0 Å². The Hall–Kier alpha value is -2.75. The number of hydrogen-bond acceptors (Lipinski definition) is 4. The molecule has 0 saturated heterocycles. The monoisotopic (exact) mass is 284 g/mol. The second kappa shape index (κ2) is 6.61. The van der Waals surface area contributed by atoms with Gasteiger partial charge in [-0.05, 0) is 23.8 Å². The average molecular weight is 284 g/mol. The summed E-state index contributed by atoms with van der Waals surface area (Å²) in [5, 5.41) is 9.44. The van der Waals surface area contributed by atoms with Gasteiger partial charge in [-0.2, -0.15) is 0 Å². The molecule has 0 aliphatic carbocycles. The van der Waals surface area contributed by atoms with E-state index >= 15 is 0 Å². The summed E-state index contributed by atoms with van der Waals surface area (Å²) in [6, 6.07) is 13.7. The Morgan fingerprint density at radius 1 is 1.10 bits per heavy atom. The summed E-state index contributed by atoms with van der Waals surface area (Å²) in [5.41, 5.74) is 1.19. The smallest absolute Gasteiger partial charge is 0.231 e. The lowest BCUT2D eigenvalue weighted by atomic mass is 10.1. The van der Waals surface area contributed by atoms with Crippen molar-refractivity contribution in [2.75, 3.05) is 14.2 Å². The molecule has 0 aliphatic rings. The van der Waals surface area contributed by atoms with Crippen molar-refractivity contribution in [3.63, 3.8) is 0 Å². The number of Topliss-reactive ketones (excluding diaryl/α,β-unsaturated/α-hetero) is 1. The zero-order valence-electron chi connectivity index (χ0n) is 11.9. The number of phenols is 1. The molecule has 0 unspecified atom stereocenters. The number of rotatable bonds is 5. The second-order valence-electron chi connectivity index (χ2n) is 4.34. The van der Waals surface area contributed by atoms with Crippen LogP contribution in [0.2, 0.25) is 0 Å². The molecular formula is C17H16O4. The van der Waals surface area contributed by atoms with E-state index in [4.69, 9.17) is 9.47 Å². The Bertz CT molecular complexity index is 660. The van der Waals surface area contributed by atoms with Gasteiger partial charge in [-0.1, -0.05) is 30.3 Å². The first-order chi connectivity index (χ1) is 10.2. The fraction of sp³-hybridized carbons (Fsp3) is 0.118. The molecule has 2 aromatic carbocycles. The molecule has 2 aromatic rings. The number of hydrogen-bond donors (Lipinski definition) is 1. The van der Waals surface area contributed by atoms with E-state index in [0.29, 0.717) is 11.3 Å². The molecule has 0 aromatic heterocycles. The summed E-state index contributed by atoms with van der Waals surface area (Å²) in [5.74, 6) is 0.230. The highest BCUT2D eigenvalue weighted by molar-refractivity contribution is 6.11. The van der Waals surface area contributed by atoms with Gasteiger partial charge in [-0.25, -0.2) is 0 Å². The molecule has 0 amide bonds. The number of benzene rings is 2. The minimum atomic E-state index is -0.307. The van der Waals surface area contributed by atoms with Crippen molar-refractivity contribution in [2.24, 2.45) is 0 Å². The maximum atomic E-state index is 12.5. The number of allylic oxidation sites excluding steroid dienone is 1. The topological polar surface area (TPSA) is 55.8 Å². The standard InChI is InChI=1S/C17H16O4/c1-20-15-11-13(18)8-9-14(15)17(19)16(21-2)10-12-6-4-3-5-7-12/h3-11,18H,1-2H3. The van der Waals surface area contributed by atoms with E-state index in [0.717, 1.165) is 5.56 Å². The first-order valence-corrected chi connectivity index (χ1v) is 6.38. The lowest BCUT2D eigenvalue weighted by Crippen LogP contribution is -2.07. The van der Waals surface area contributed by atoms with Crippen LogP contribution in [0.25, 0.3) is 6.08 Å². The summed E-state index contributed by atoms with van der Waals surface area (Å²) in [4.78, 5) is 12.5. The van der Waals surface area contributed by atoms with Crippen LogP contribution in [0.15, 0.2) is 54.3 Å². The Labute approximate surface area is 123 Å². The number of carbonyl (C=O) groups is 1. The molecule has 0 bridgehead atoms. The summed E-state index contributed by atoms with van der Waals surface area (Å²) in [6.45, 7) is 0. The van der Waals surface area contributed by atoms with Gasteiger partial charge in [0, 0.05) is 6.07 Å². The number of methoxy groups -OCH3 is 2. The maximum Gasteiger partial charge on any atom is 0.231 e. The first kappa shape index (κ1) is 14.7. The normalized spacial score (nSPS) is 11.0. The van der Waals surface area contributed by atoms with Gasteiger partial charge in [0.25, 0.3) is 0 Å². The molecule has 4 nitrogen and oxygen atoms in total. The molecule has 2 rings (SSSR count). The van der Waals surface area contributed by atoms with Crippen molar-refractivity contribution in [2.45, 2.75) is 0 Å². The van der Waals surface area contributed by atoms with Crippen LogP contribution in [0.3, 0.4) is 0 Å². The molecule has 108 valence electrons. The van der Waals surface area contributed by atoms with Gasteiger partial charge >= 0.3 is 0 Å². The van der Waals surface area contributed by atoms with Crippen LogP contribution in [0, 0.1) is 0 Å². The maximum absolute atomic E-state index is 12.5. The van der Waals surface area contributed by atoms with Crippen LogP contribution in [-0.2, 0) is 4.74 Å². The van der Waals surface area contributed by atoms with Crippen molar-refractivity contribution in [3.8, 4) is 11.5 Å². The molecule has 21 heavy (non-hydrogen) atoms. The minimum Gasteiger partial charge on any atom is -0.508 e. The minimum absolute atomic E-state index is 0.0365. The predicted molar refractivity (Wildman–Crippen MR) is 80.4 cm³/mol. The molecule has 0 radical (unpaired) electrons. The van der Waals surface area contributed by atoms with Crippen LogP contribution < -0.4 is 4.74 Å². The van der Waals surface area contributed by atoms with E-state index in [1.807, 2.05) is 30.3 Å². The second-order valence-corrected chi connectivity index (χ2v) is 4.34. The molecule has 0 atom stereocenters. The number of ketones is 1. The molecule has 0 saturated carbocycles. The molecule has 0 fully saturated rings. The lowest BCUT2D eigenvalue weighted by Gasteiger charge is -2.10. The van der Waals surface area contributed by atoms with Crippen molar-refractivity contribution < 1.29 is 19.4 Å². The summed E-state index contributed by atoms with van der Waals surface area (Å²) in [6.07, 6.45) is 1.66. The molecular weight excluding hydrogens is 268 g/mol. The van der Waals surface area contributed by atoms with Crippen LogP contribution in [-0.4, -0.2) is 25.1 Å². The summed E-state index contributed by atoms with van der Waals surface area (Å²) >= 11 is 0. The third-order valence-corrected chi connectivity index (χ3v) is 2.97. The van der Waals surface area contributed by atoms with E-state index in [9.17, 15) is 9.90 Å². The third-order valence-electron chi connectivity index (χ3n) is 2.97. The van der Waals surface area contributed by atoms with E-state index in [1.54, 1.807) is 6.08 Å². The number of phenolic OH excluding ortho intramolecular Hbond substituents is 1. The zero-order valence-corrected chi connectivity index (χ0v) is 11.9. The van der Waals surface area contributed by atoms with Gasteiger partial charge in [-0.3, -0.25) is 4.79 Å². The quantitative estimate of drug-likeness (QED) is 0.520. The summed E-state index contributed by atoms with van der Waals surface area (Å²) < 4.78 is 10.3. The van der Waals surface area contributed by atoms with Gasteiger partial charge in [-0.15, -0.1) is 0 Å². The van der Waals surface area contributed by atoms with Gasteiger partial charge < -0.3 is 14.6 Å². The van der Waals surface area contributed by atoms with Crippen molar-refractivity contribution in [1.82, 2.24) is 0 Å². The van der Waals surface area contributed by atoms with Crippen LogP contribution >= 0.6 is 0 Å². The van der Waals surface area contributed by atoms with Crippen molar-refractivity contribution >= 4 is 11.9 Å². The highest BCUT2D eigenvalue weighted by atomic mass is 16.5. The Balaban J connectivity index is 2.39. The summed E-state index contributed by atoms with van der Waals surface area (Å²) in [7, 11) is 2.89. The average Bonchev–Trinajstić information content (AvgIpc) is 2.52. The fourth-order valence-electron chi connectivity index (χ4n) is 1.92. The number of aromatic hydroxyl groups is 1.